The quantitative estimate of drug-likeness (QED) is 0.741. The predicted molar refractivity (Wildman–Crippen MR) is 61.0 cm³/mol. The Kier molecular flexibility index (Phi) is 4.34. The molecule has 1 aliphatic rings. The van der Waals surface area contributed by atoms with Gasteiger partial charge in [-0.25, -0.2) is 0 Å². The fourth-order valence-corrected chi connectivity index (χ4v) is 1.04. The van der Waals surface area contributed by atoms with E-state index in [1.54, 1.807) is 6.92 Å². The van der Waals surface area contributed by atoms with Crippen LogP contribution in [0.4, 0.5) is 11.4 Å². The zero-order valence-corrected chi connectivity index (χ0v) is 8.60. The molecule has 15 heavy (non-hydrogen) atoms. The van der Waals surface area contributed by atoms with E-state index in [0.717, 1.165) is 17.9 Å². The topological polar surface area (TPSA) is 61.7 Å². The van der Waals surface area contributed by atoms with Crippen LogP contribution in [-0.4, -0.2) is 23.8 Å². The zero-order valence-electron chi connectivity index (χ0n) is 8.60. The minimum atomic E-state index is -0.745. The third kappa shape index (κ3) is 3.81. The second-order valence-corrected chi connectivity index (χ2v) is 2.96. The Morgan fingerprint density at radius 2 is 2.20 bits per heavy atom. The second-order valence-electron chi connectivity index (χ2n) is 2.96. The summed E-state index contributed by atoms with van der Waals surface area (Å²) in [5.74, 6) is -0.745. The van der Waals surface area contributed by atoms with Gasteiger partial charge in [0, 0.05) is 12.6 Å². The summed E-state index contributed by atoms with van der Waals surface area (Å²) in [4.78, 5) is 13.6. The van der Waals surface area contributed by atoms with Gasteiger partial charge in [-0.2, -0.15) is 0 Å². The van der Waals surface area contributed by atoms with Crippen molar-refractivity contribution in [2.24, 2.45) is 4.99 Å². The van der Waals surface area contributed by atoms with E-state index < -0.39 is 5.97 Å². The number of hydrogen-bond acceptors (Lipinski definition) is 3. The molecule has 0 saturated carbocycles. The minimum Gasteiger partial charge on any atom is -0.481 e. The number of nitrogens with zero attached hydrogens (tertiary/aromatic N) is 1. The predicted octanol–water partition coefficient (Wildman–Crippen LogP) is 2.30. The summed E-state index contributed by atoms with van der Waals surface area (Å²) in [7, 11) is 0. The molecule has 0 saturated heterocycles. The summed E-state index contributed by atoms with van der Waals surface area (Å²) in [6, 6.07) is 8.03. The lowest BCUT2D eigenvalue weighted by Gasteiger charge is -2.10. The van der Waals surface area contributed by atoms with Gasteiger partial charge in [0.1, 0.15) is 0 Å². The van der Waals surface area contributed by atoms with Crippen molar-refractivity contribution in [1.29, 1.82) is 0 Å². The smallest absolute Gasteiger partial charge is 0.303 e. The Morgan fingerprint density at radius 3 is 2.80 bits per heavy atom. The Balaban J connectivity index is 0.000000195. The number of para-hydroxylation sites is 2. The van der Waals surface area contributed by atoms with E-state index in [4.69, 9.17) is 5.11 Å². The van der Waals surface area contributed by atoms with Crippen LogP contribution >= 0.6 is 0 Å². The first kappa shape index (κ1) is 11.2. The summed E-state index contributed by atoms with van der Waals surface area (Å²) >= 11 is 0. The number of hydrogen-bond donors (Lipinski definition) is 2. The van der Waals surface area contributed by atoms with E-state index in [1.807, 2.05) is 30.5 Å². The van der Waals surface area contributed by atoms with Crippen LogP contribution in [-0.2, 0) is 4.79 Å². The van der Waals surface area contributed by atoms with Crippen molar-refractivity contribution in [2.45, 2.75) is 13.3 Å². The highest BCUT2D eigenvalue weighted by atomic mass is 16.4. The molecule has 0 spiro atoms. The number of benzene rings is 1. The van der Waals surface area contributed by atoms with Gasteiger partial charge >= 0.3 is 5.97 Å². The van der Waals surface area contributed by atoms with Crippen LogP contribution in [0.15, 0.2) is 29.3 Å². The fraction of sp³-hybridized carbons (Fsp3) is 0.273. The first-order valence-corrected chi connectivity index (χ1v) is 4.81. The van der Waals surface area contributed by atoms with Gasteiger partial charge in [0.15, 0.2) is 0 Å². The van der Waals surface area contributed by atoms with Crippen LogP contribution in [0.3, 0.4) is 0 Å². The standard InChI is InChI=1S/C8H8N2.C3H6O2/c1-2-4-8-7(3-1)9-5-6-10-8;1-2-3(4)5/h1-5,10H,6H2;2H2,1H3,(H,4,5). The number of aliphatic imine (C=N–C) groups is 1. The van der Waals surface area contributed by atoms with Crippen molar-refractivity contribution >= 4 is 23.6 Å². The van der Waals surface area contributed by atoms with E-state index in [0.29, 0.717) is 0 Å². The molecule has 0 bridgehead atoms. The molecule has 2 rings (SSSR count). The van der Waals surface area contributed by atoms with Crippen molar-refractivity contribution in [3.05, 3.63) is 24.3 Å². The number of rotatable bonds is 1. The van der Waals surface area contributed by atoms with Gasteiger partial charge in [-0.05, 0) is 12.1 Å². The second kappa shape index (κ2) is 5.80. The van der Waals surface area contributed by atoms with Crippen LogP contribution in [0.5, 0.6) is 0 Å². The molecular weight excluding hydrogens is 192 g/mol. The molecule has 0 fully saturated rings. The van der Waals surface area contributed by atoms with E-state index >= 15 is 0 Å². The first-order chi connectivity index (χ1) is 7.24. The zero-order chi connectivity index (χ0) is 11.1. The van der Waals surface area contributed by atoms with Crippen LogP contribution in [0.1, 0.15) is 13.3 Å². The molecule has 0 radical (unpaired) electrons. The lowest BCUT2D eigenvalue weighted by Crippen LogP contribution is -2.05. The van der Waals surface area contributed by atoms with Crippen molar-refractivity contribution in [3.63, 3.8) is 0 Å². The Labute approximate surface area is 88.7 Å². The minimum absolute atomic E-state index is 0.222. The molecule has 4 nitrogen and oxygen atoms in total. The molecular formula is C11H14N2O2. The fourth-order valence-electron chi connectivity index (χ4n) is 1.04. The van der Waals surface area contributed by atoms with Gasteiger partial charge in [0.05, 0.1) is 17.9 Å². The van der Waals surface area contributed by atoms with Gasteiger partial charge in [-0.1, -0.05) is 19.1 Å². The van der Waals surface area contributed by atoms with Crippen LogP contribution < -0.4 is 5.32 Å². The molecule has 1 aromatic rings. The van der Waals surface area contributed by atoms with Crippen molar-refractivity contribution in [1.82, 2.24) is 0 Å². The van der Waals surface area contributed by atoms with Crippen molar-refractivity contribution in [3.8, 4) is 0 Å². The molecule has 0 atom stereocenters. The maximum atomic E-state index is 9.37. The van der Waals surface area contributed by atoms with Gasteiger partial charge in [-0.3, -0.25) is 9.79 Å². The molecule has 1 heterocycles. The van der Waals surface area contributed by atoms with Crippen LogP contribution in [0.2, 0.25) is 0 Å². The van der Waals surface area contributed by atoms with Gasteiger partial charge < -0.3 is 10.4 Å². The lowest BCUT2D eigenvalue weighted by atomic mass is 10.2. The van der Waals surface area contributed by atoms with E-state index in [2.05, 4.69) is 10.3 Å². The summed E-state index contributed by atoms with van der Waals surface area (Å²) in [6.07, 6.45) is 2.10. The van der Waals surface area contributed by atoms with Gasteiger partial charge in [-0.15, -0.1) is 0 Å². The lowest BCUT2D eigenvalue weighted by molar-refractivity contribution is -0.136. The Bertz CT molecular complexity index is 361. The first-order valence-electron chi connectivity index (χ1n) is 4.81. The highest BCUT2D eigenvalue weighted by Crippen LogP contribution is 2.24. The molecule has 0 aromatic heterocycles. The molecule has 0 aliphatic carbocycles. The molecule has 2 N–H and O–H groups in total. The SMILES string of the molecule is C1=Nc2ccccc2NC1.CCC(=O)O. The van der Waals surface area contributed by atoms with E-state index in [1.165, 1.54) is 0 Å². The van der Waals surface area contributed by atoms with Crippen LogP contribution in [0.25, 0.3) is 0 Å². The number of carboxylic acids is 1. The number of nitrogens with one attached hydrogen (secondary N) is 1. The summed E-state index contributed by atoms with van der Waals surface area (Å²) in [5.41, 5.74) is 2.17. The third-order valence-electron chi connectivity index (χ3n) is 1.82. The largest absolute Gasteiger partial charge is 0.481 e. The maximum absolute atomic E-state index is 9.37. The number of fused-ring (bicyclic) bond motifs is 1. The molecule has 0 amide bonds. The molecule has 4 heteroatoms. The summed E-state index contributed by atoms with van der Waals surface area (Å²) in [6.45, 7) is 2.44. The molecule has 1 aliphatic heterocycles. The highest BCUT2D eigenvalue weighted by molar-refractivity contribution is 5.80. The molecule has 0 unspecified atom stereocenters. The monoisotopic (exact) mass is 206 g/mol. The highest BCUT2D eigenvalue weighted by Gasteiger charge is 2.00. The number of carbonyl (C=O) groups is 1. The van der Waals surface area contributed by atoms with E-state index in [9.17, 15) is 4.79 Å². The number of anilines is 1. The normalized spacial score (nSPS) is 11.8. The Morgan fingerprint density at radius 1 is 1.53 bits per heavy atom. The van der Waals surface area contributed by atoms with E-state index in [-0.39, 0.29) is 6.42 Å². The average Bonchev–Trinajstić information content (AvgIpc) is 2.30. The van der Waals surface area contributed by atoms with Crippen molar-refractivity contribution in [2.75, 3.05) is 11.9 Å². The van der Waals surface area contributed by atoms with Crippen LogP contribution in [0, 0.1) is 0 Å². The number of aliphatic carboxylic acids is 1. The number of carboxylic acid groups (broad SMARTS) is 1. The average molecular weight is 206 g/mol. The Hall–Kier alpha value is -1.84. The third-order valence-corrected chi connectivity index (χ3v) is 1.82. The summed E-state index contributed by atoms with van der Waals surface area (Å²) < 4.78 is 0. The molecule has 1 aromatic carbocycles. The molecule has 80 valence electrons. The maximum Gasteiger partial charge on any atom is 0.303 e. The summed E-state index contributed by atoms with van der Waals surface area (Å²) in [5, 5.41) is 10.9. The van der Waals surface area contributed by atoms with Crippen molar-refractivity contribution < 1.29 is 9.90 Å². The van der Waals surface area contributed by atoms with Gasteiger partial charge in [0.25, 0.3) is 0 Å². The van der Waals surface area contributed by atoms with Gasteiger partial charge in [0.2, 0.25) is 0 Å².